The molecule has 0 bridgehead atoms. The Morgan fingerprint density at radius 2 is 2.00 bits per heavy atom. The molecule has 1 amide bonds. The number of pyridine rings is 1. The number of thiol groups is 1. The average Bonchev–Trinajstić information content (AvgIpc) is 3.27. The lowest BCUT2D eigenvalue weighted by Gasteiger charge is -2.12. The summed E-state index contributed by atoms with van der Waals surface area (Å²) in [4.78, 5) is 22.5. The lowest BCUT2D eigenvalue weighted by molar-refractivity contribution is 0.101. The number of amides is 1. The van der Waals surface area contributed by atoms with Gasteiger partial charge in [-0.05, 0) is 48.9 Å². The van der Waals surface area contributed by atoms with Gasteiger partial charge in [-0.15, -0.1) is 11.8 Å². The normalized spacial score (nSPS) is 12.7. The number of carbonyl (C=O) groups excluding carboxylic acids is 1. The van der Waals surface area contributed by atoms with Crippen LogP contribution >= 0.6 is 11.8 Å². The van der Waals surface area contributed by atoms with Crippen molar-refractivity contribution in [3.05, 3.63) is 83.8 Å². The van der Waals surface area contributed by atoms with Gasteiger partial charge in [0.2, 0.25) is 5.95 Å². The Labute approximate surface area is 180 Å². The largest absolute Gasteiger partial charge is 0.331 e. The maximum atomic E-state index is 13.7. The van der Waals surface area contributed by atoms with Crippen molar-refractivity contribution in [2.75, 3.05) is 5.32 Å². The van der Waals surface area contributed by atoms with Crippen LogP contribution in [0.4, 0.5) is 20.2 Å². The second-order valence-electron chi connectivity index (χ2n) is 7.24. The number of aliphatic imine (C=N–C) groups is 1. The third-order valence-electron chi connectivity index (χ3n) is 5.01. The number of carbonyl (C=O) groups is 1. The molecule has 3 heterocycles. The summed E-state index contributed by atoms with van der Waals surface area (Å²) in [6.07, 6.45) is 1.38. The zero-order valence-corrected chi connectivity index (χ0v) is 17.3. The van der Waals surface area contributed by atoms with Gasteiger partial charge in [-0.25, -0.2) is 14.4 Å². The first-order chi connectivity index (χ1) is 15.0. The minimum absolute atomic E-state index is 0.240. The molecule has 5 nitrogen and oxygen atoms in total. The van der Waals surface area contributed by atoms with E-state index >= 15 is 0 Å². The molecule has 155 valence electrons. The molecule has 0 aliphatic carbocycles. The first-order valence-corrected chi connectivity index (χ1v) is 10.5. The van der Waals surface area contributed by atoms with E-state index in [-0.39, 0.29) is 18.3 Å². The summed E-state index contributed by atoms with van der Waals surface area (Å²) >= 11 is 1.07. The Kier molecular flexibility index (Phi) is 4.78. The van der Waals surface area contributed by atoms with Crippen molar-refractivity contribution in [1.82, 2.24) is 9.55 Å². The fourth-order valence-electron chi connectivity index (χ4n) is 3.66. The van der Waals surface area contributed by atoms with Crippen molar-refractivity contribution < 1.29 is 13.6 Å². The van der Waals surface area contributed by atoms with E-state index in [1.54, 1.807) is 22.8 Å². The quantitative estimate of drug-likeness (QED) is 0.328. The molecule has 0 atom stereocenters. The summed E-state index contributed by atoms with van der Waals surface area (Å²) < 4.78 is 29.1. The van der Waals surface area contributed by atoms with Crippen LogP contribution in [0.15, 0.2) is 70.7 Å². The molecule has 0 unspecified atom stereocenters. The molecule has 0 saturated heterocycles. The van der Waals surface area contributed by atoms with E-state index in [1.807, 2.05) is 25.1 Å². The third kappa shape index (κ3) is 3.82. The predicted molar refractivity (Wildman–Crippen MR) is 120 cm³/mol. The standard InChI is InChI=1S/C23H17F2N4OS/c1-13-27-18-10-17(5-6-21(18)31-13)28-23(30)19-8-15-9-22(25)26-11-20(15)29(19)12-14-3-2-4-16(24)7-14/h2-11,31H,12H2,1H3,(H,28,30). The van der Waals surface area contributed by atoms with Gasteiger partial charge in [0.1, 0.15) is 11.5 Å². The van der Waals surface area contributed by atoms with E-state index in [0.29, 0.717) is 27.8 Å². The fraction of sp³-hybridized carbons (Fsp3) is 0.0870. The first kappa shape index (κ1) is 19.4. The highest BCUT2D eigenvalue weighted by atomic mass is 32.2. The molecule has 0 fully saturated rings. The van der Waals surface area contributed by atoms with Gasteiger partial charge >= 0.3 is 0 Å². The highest BCUT2D eigenvalue weighted by molar-refractivity contribution is 8.14. The van der Waals surface area contributed by atoms with E-state index in [2.05, 4.69) is 15.3 Å². The van der Waals surface area contributed by atoms with Gasteiger partial charge in [-0.2, -0.15) is 4.39 Å². The number of rotatable bonds is 4. The van der Waals surface area contributed by atoms with Crippen LogP contribution < -0.4 is 5.32 Å². The maximum Gasteiger partial charge on any atom is 0.272 e. The molecular weight excluding hydrogens is 418 g/mol. The van der Waals surface area contributed by atoms with E-state index < -0.39 is 5.95 Å². The molecule has 31 heavy (non-hydrogen) atoms. The summed E-state index contributed by atoms with van der Waals surface area (Å²) in [5.74, 6) is -1.35. The van der Waals surface area contributed by atoms with Crippen LogP contribution in [0.5, 0.6) is 0 Å². The molecule has 1 aliphatic rings. The van der Waals surface area contributed by atoms with Crippen LogP contribution in [0.2, 0.25) is 0 Å². The fourth-order valence-corrected chi connectivity index (χ4v) is 4.55. The van der Waals surface area contributed by atoms with Crippen LogP contribution in [0, 0.1) is 11.8 Å². The van der Waals surface area contributed by atoms with Crippen molar-refractivity contribution in [1.29, 1.82) is 0 Å². The molecule has 2 aromatic heterocycles. The Morgan fingerprint density at radius 1 is 1.13 bits per heavy atom. The maximum absolute atomic E-state index is 13.7. The van der Waals surface area contributed by atoms with Crippen LogP contribution in [0.1, 0.15) is 23.0 Å². The summed E-state index contributed by atoms with van der Waals surface area (Å²) in [6.45, 7) is 2.20. The zero-order valence-electron chi connectivity index (χ0n) is 16.4. The van der Waals surface area contributed by atoms with Crippen LogP contribution in [0.3, 0.4) is 0 Å². The molecule has 0 saturated carbocycles. The second kappa shape index (κ2) is 7.63. The molecule has 0 spiro atoms. The van der Waals surface area contributed by atoms with Crippen molar-refractivity contribution in [2.45, 2.75) is 18.4 Å². The number of halogens is 2. The molecule has 1 N–H and O–H groups in total. The minimum Gasteiger partial charge on any atom is -0.331 e. The van der Waals surface area contributed by atoms with Gasteiger partial charge in [-0.3, -0.25) is 4.79 Å². The second-order valence-corrected chi connectivity index (χ2v) is 8.59. The van der Waals surface area contributed by atoms with E-state index in [4.69, 9.17) is 0 Å². The van der Waals surface area contributed by atoms with Gasteiger partial charge in [0, 0.05) is 28.6 Å². The molecule has 8 heteroatoms. The number of hydrogen-bond donors (Lipinski definition) is 2. The molecule has 5 rings (SSSR count). The minimum atomic E-state index is -0.631. The lowest BCUT2D eigenvalue weighted by Crippen LogP contribution is -2.17. The van der Waals surface area contributed by atoms with E-state index in [0.717, 1.165) is 27.4 Å². The topological polar surface area (TPSA) is 59.3 Å². The smallest absolute Gasteiger partial charge is 0.272 e. The van der Waals surface area contributed by atoms with E-state index in [9.17, 15) is 13.6 Å². The van der Waals surface area contributed by atoms with E-state index in [1.165, 1.54) is 24.4 Å². The van der Waals surface area contributed by atoms with Crippen molar-refractivity contribution in [3.8, 4) is 0 Å². The SMILES string of the molecule is CC1=Nc2cc(NC(=O)c3cc4cc(F)ncc4n3Cc3cccc(F)c3)ccc2[SH]1. The molecule has 2 aromatic carbocycles. The van der Waals surface area contributed by atoms with Crippen molar-refractivity contribution in [3.63, 3.8) is 0 Å². The molecule has 1 radical (unpaired) electrons. The Balaban J connectivity index is 1.52. The monoisotopic (exact) mass is 435 g/mol. The van der Waals surface area contributed by atoms with Gasteiger partial charge in [0.05, 0.1) is 22.4 Å². The number of anilines is 1. The van der Waals surface area contributed by atoms with Crippen LogP contribution in [0.25, 0.3) is 10.9 Å². The zero-order chi connectivity index (χ0) is 21.5. The first-order valence-electron chi connectivity index (χ1n) is 9.58. The van der Waals surface area contributed by atoms with Crippen molar-refractivity contribution in [2.24, 2.45) is 4.99 Å². The highest BCUT2D eigenvalue weighted by Crippen LogP contribution is 2.39. The highest BCUT2D eigenvalue weighted by Gasteiger charge is 2.18. The van der Waals surface area contributed by atoms with Crippen LogP contribution in [-0.2, 0) is 6.54 Å². The number of aromatic nitrogens is 2. The Hall–Kier alpha value is -3.52. The summed E-state index contributed by atoms with van der Waals surface area (Å²) in [5, 5.41) is 4.44. The van der Waals surface area contributed by atoms with Gasteiger partial charge in [-0.1, -0.05) is 12.1 Å². The number of hydrogen-bond acceptors (Lipinski definition) is 3. The molecular formula is C23H17F2N4OS. The number of nitrogens with zero attached hydrogens (tertiary/aromatic N) is 3. The molecule has 4 aromatic rings. The summed E-state index contributed by atoms with van der Waals surface area (Å²) in [6, 6.07) is 14.6. The Bertz CT molecular complexity index is 1380. The number of benzene rings is 2. The number of nitrogens with one attached hydrogen (secondary N) is 1. The number of fused-ring (bicyclic) bond motifs is 2. The summed E-state index contributed by atoms with van der Waals surface area (Å²) in [7, 11) is 0. The van der Waals surface area contributed by atoms with Crippen molar-refractivity contribution >= 4 is 45.0 Å². The predicted octanol–water partition coefficient (Wildman–Crippen LogP) is 5.50. The van der Waals surface area contributed by atoms with Gasteiger partial charge in [0.15, 0.2) is 0 Å². The van der Waals surface area contributed by atoms with Crippen LogP contribution in [-0.4, -0.2) is 20.5 Å². The third-order valence-corrected chi connectivity index (χ3v) is 6.06. The molecule has 1 aliphatic heterocycles. The van der Waals surface area contributed by atoms with Gasteiger partial charge < -0.3 is 9.88 Å². The summed E-state index contributed by atoms with van der Waals surface area (Å²) in [5.41, 5.74) is 3.04. The van der Waals surface area contributed by atoms with Gasteiger partial charge in [0.25, 0.3) is 5.91 Å². The average molecular weight is 435 g/mol. The lowest BCUT2D eigenvalue weighted by atomic mass is 10.2. The Morgan fingerprint density at radius 3 is 2.84 bits per heavy atom.